The van der Waals surface area contributed by atoms with Gasteiger partial charge < -0.3 is 14.2 Å². The van der Waals surface area contributed by atoms with Crippen molar-refractivity contribution in [2.24, 2.45) is 11.8 Å². The molecule has 0 saturated heterocycles. The van der Waals surface area contributed by atoms with Gasteiger partial charge in [-0.15, -0.1) is 0 Å². The Hall–Kier alpha value is -2.07. The largest absolute Gasteiger partial charge is 0.385 e. The Morgan fingerprint density at radius 3 is 2.58 bits per heavy atom. The topological polar surface area (TPSA) is 34.5 Å². The molecule has 1 aromatic carbocycles. The van der Waals surface area contributed by atoms with Crippen LogP contribution in [0.4, 0.5) is 0 Å². The summed E-state index contributed by atoms with van der Waals surface area (Å²) >= 11 is 0. The normalized spacial score (nSPS) is 19.9. The van der Waals surface area contributed by atoms with Crippen molar-refractivity contribution in [2.45, 2.75) is 38.8 Å². The first kappa shape index (κ1) is 17.3. The first-order valence-corrected chi connectivity index (χ1v) is 9.70. The third-order valence-corrected chi connectivity index (χ3v) is 5.89. The molecule has 4 nitrogen and oxygen atoms in total. The predicted octanol–water partition coefficient (Wildman–Crippen LogP) is 3.29. The summed E-state index contributed by atoms with van der Waals surface area (Å²) in [5, 5.41) is 0. The highest BCUT2D eigenvalue weighted by Gasteiger charge is 2.28. The molecule has 1 aromatic heterocycles. The fourth-order valence-electron chi connectivity index (χ4n) is 4.51. The molecule has 0 spiro atoms. The molecule has 1 amide bonds. The first-order chi connectivity index (χ1) is 12.7. The molecule has 1 aliphatic carbocycles. The van der Waals surface area contributed by atoms with Gasteiger partial charge in [0.15, 0.2) is 0 Å². The average molecular weight is 352 g/mol. The van der Waals surface area contributed by atoms with Crippen molar-refractivity contribution in [3.8, 4) is 0 Å². The lowest BCUT2D eigenvalue weighted by atomic mass is 10.0. The highest BCUT2D eigenvalue weighted by Crippen LogP contribution is 2.30. The van der Waals surface area contributed by atoms with Crippen molar-refractivity contribution in [3.63, 3.8) is 0 Å². The van der Waals surface area contributed by atoms with Crippen molar-refractivity contribution >= 4 is 5.91 Å². The van der Waals surface area contributed by atoms with Crippen molar-refractivity contribution < 1.29 is 9.53 Å². The molecule has 2 aliphatic rings. The van der Waals surface area contributed by atoms with E-state index < -0.39 is 0 Å². The van der Waals surface area contributed by atoms with Crippen molar-refractivity contribution in [1.29, 1.82) is 0 Å². The lowest BCUT2D eigenvalue weighted by Crippen LogP contribution is -2.35. The third kappa shape index (κ3) is 3.70. The maximum Gasteiger partial charge on any atom is 0.223 e. The summed E-state index contributed by atoms with van der Waals surface area (Å²) in [6.07, 6.45) is 5.87. The van der Waals surface area contributed by atoms with Crippen LogP contribution in [0.2, 0.25) is 0 Å². The van der Waals surface area contributed by atoms with Crippen molar-refractivity contribution in [3.05, 3.63) is 59.4 Å². The molecule has 2 aromatic rings. The molecular weight excluding hydrogens is 324 g/mol. The van der Waals surface area contributed by atoms with Gasteiger partial charge in [-0.2, -0.15) is 0 Å². The molecule has 4 heteroatoms. The second kappa shape index (κ2) is 7.67. The van der Waals surface area contributed by atoms with E-state index in [1.165, 1.54) is 16.8 Å². The highest BCUT2D eigenvalue weighted by atomic mass is 16.5. The SMILES string of the molecule is COCC[C@@H]1CN(C(=O)CC2Cc3ccccc3C2)Cc2cccn2C1. The van der Waals surface area contributed by atoms with Crippen LogP contribution in [0.1, 0.15) is 29.7 Å². The summed E-state index contributed by atoms with van der Waals surface area (Å²) in [5.41, 5.74) is 4.09. The second-order valence-electron chi connectivity index (χ2n) is 7.82. The van der Waals surface area contributed by atoms with Gasteiger partial charge in [-0.25, -0.2) is 0 Å². The number of aromatic nitrogens is 1. The zero-order chi connectivity index (χ0) is 17.9. The number of methoxy groups -OCH3 is 1. The molecule has 0 unspecified atom stereocenters. The van der Waals surface area contributed by atoms with Crippen LogP contribution in [0, 0.1) is 11.8 Å². The number of nitrogens with zero attached hydrogens (tertiary/aromatic N) is 2. The Bertz CT molecular complexity index is 742. The highest BCUT2D eigenvalue weighted by molar-refractivity contribution is 5.76. The number of benzene rings is 1. The molecule has 0 bridgehead atoms. The van der Waals surface area contributed by atoms with Gasteiger partial charge in [0.25, 0.3) is 0 Å². The van der Waals surface area contributed by atoms with Crippen LogP contribution in [-0.4, -0.2) is 35.6 Å². The number of rotatable bonds is 5. The number of hydrogen-bond donors (Lipinski definition) is 0. The van der Waals surface area contributed by atoms with Crippen molar-refractivity contribution in [1.82, 2.24) is 9.47 Å². The molecule has 0 N–H and O–H groups in total. The third-order valence-electron chi connectivity index (χ3n) is 5.89. The van der Waals surface area contributed by atoms with E-state index in [9.17, 15) is 4.79 Å². The molecule has 0 radical (unpaired) electrons. The first-order valence-electron chi connectivity index (χ1n) is 9.70. The van der Waals surface area contributed by atoms with E-state index in [1.807, 2.05) is 0 Å². The van der Waals surface area contributed by atoms with Crippen molar-refractivity contribution in [2.75, 3.05) is 20.3 Å². The Kier molecular flexibility index (Phi) is 5.11. The maximum atomic E-state index is 13.1. The smallest absolute Gasteiger partial charge is 0.223 e. The Morgan fingerprint density at radius 1 is 1.08 bits per heavy atom. The van der Waals surface area contributed by atoms with Crippen LogP contribution in [0.15, 0.2) is 42.6 Å². The summed E-state index contributed by atoms with van der Waals surface area (Å²) in [6.45, 7) is 3.30. The Morgan fingerprint density at radius 2 is 1.85 bits per heavy atom. The van der Waals surface area contributed by atoms with E-state index in [1.54, 1.807) is 7.11 Å². The Labute approximate surface area is 155 Å². The molecule has 4 rings (SSSR count). The fraction of sp³-hybridized carbons (Fsp3) is 0.500. The summed E-state index contributed by atoms with van der Waals surface area (Å²) in [4.78, 5) is 15.2. The summed E-state index contributed by atoms with van der Waals surface area (Å²) in [7, 11) is 1.75. The Balaban J connectivity index is 1.43. The molecule has 1 aliphatic heterocycles. The van der Waals surface area contributed by atoms with Gasteiger partial charge in [0.2, 0.25) is 5.91 Å². The van der Waals surface area contributed by atoms with E-state index in [4.69, 9.17) is 4.74 Å². The van der Waals surface area contributed by atoms with Gasteiger partial charge in [-0.1, -0.05) is 24.3 Å². The van der Waals surface area contributed by atoms with E-state index in [0.717, 1.165) is 45.5 Å². The molecule has 0 saturated carbocycles. The average Bonchev–Trinajstić information content (AvgIpc) is 3.20. The van der Waals surface area contributed by atoms with Crippen LogP contribution in [0.25, 0.3) is 0 Å². The summed E-state index contributed by atoms with van der Waals surface area (Å²) < 4.78 is 7.59. The molecule has 0 fully saturated rings. The van der Waals surface area contributed by atoms with Crippen LogP contribution in [0.5, 0.6) is 0 Å². The van der Waals surface area contributed by atoms with Crippen LogP contribution in [-0.2, 0) is 35.5 Å². The van der Waals surface area contributed by atoms with E-state index >= 15 is 0 Å². The molecule has 26 heavy (non-hydrogen) atoms. The van der Waals surface area contributed by atoms with Gasteiger partial charge in [-0.05, 0) is 54.4 Å². The van der Waals surface area contributed by atoms with Crippen LogP contribution >= 0.6 is 0 Å². The predicted molar refractivity (Wildman–Crippen MR) is 102 cm³/mol. The minimum absolute atomic E-state index is 0.305. The van der Waals surface area contributed by atoms with E-state index in [0.29, 0.717) is 24.2 Å². The van der Waals surface area contributed by atoms with Gasteiger partial charge in [0, 0.05) is 45.1 Å². The molecule has 138 valence electrons. The zero-order valence-corrected chi connectivity index (χ0v) is 15.6. The minimum atomic E-state index is 0.305. The quantitative estimate of drug-likeness (QED) is 0.828. The van der Waals surface area contributed by atoms with Gasteiger partial charge in [-0.3, -0.25) is 4.79 Å². The molecular formula is C22H28N2O2. The van der Waals surface area contributed by atoms with E-state index in [-0.39, 0.29) is 0 Å². The maximum absolute atomic E-state index is 13.1. The number of hydrogen-bond acceptors (Lipinski definition) is 2. The van der Waals surface area contributed by atoms with Crippen LogP contribution < -0.4 is 0 Å². The number of fused-ring (bicyclic) bond motifs is 2. The van der Waals surface area contributed by atoms with Gasteiger partial charge in [0.1, 0.15) is 0 Å². The van der Waals surface area contributed by atoms with Gasteiger partial charge in [0.05, 0.1) is 6.54 Å². The monoisotopic (exact) mass is 352 g/mol. The van der Waals surface area contributed by atoms with Gasteiger partial charge >= 0.3 is 0 Å². The lowest BCUT2D eigenvalue weighted by Gasteiger charge is -2.25. The summed E-state index contributed by atoms with van der Waals surface area (Å²) in [6, 6.07) is 12.9. The minimum Gasteiger partial charge on any atom is -0.385 e. The number of ether oxygens (including phenoxy) is 1. The van der Waals surface area contributed by atoms with Crippen LogP contribution in [0.3, 0.4) is 0 Å². The molecule has 1 atom stereocenters. The lowest BCUT2D eigenvalue weighted by molar-refractivity contribution is -0.133. The fourth-order valence-corrected chi connectivity index (χ4v) is 4.51. The van der Waals surface area contributed by atoms with E-state index in [2.05, 4.69) is 52.1 Å². The molecule has 2 heterocycles. The number of carbonyl (C=O) groups excluding carboxylic acids is 1. The summed E-state index contributed by atoms with van der Waals surface area (Å²) in [5.74, 6) is 1.21. The number of amides is 1. The zero-order valence-electron chi connectivity index (χ0n) is 15.6. The standard InChI is InChI=1S/C22H28N2O2/c1-26-10-8-17-14-23-9-4-7-21(23)16-24(15-17)22(25)13-18-11-19-5-2-3-6-20(19)12-18/h2-7,9,17-18H,8,10-16H2,1H3/t17-/m0/s1. The second-order valence-corrected chi connectivity index (χ2v) is 7.82. The number of carbonyl (C=O) groups is 1.